The second-order valence-corrected chi connectivity index (χ2v) is 11.1. The maximum Gasteiger partial charge on any atom is 0.0992 e. The molecule has 0 aliphatic carbocycles. The monoisotopic (exact) mass is 746 g/mol. The van der Waals surface area contributed by atoms with Crippen LogP contribution >= 0.6 is 0 Å². The van der Waals surface area contributed by atoms with Gasteiger partial charge in [0.1, 0.15) is 0 Å². The number of hydrogen-bond donors (Lipinski definition) is 0. The molecule has 252 valence electrons. The van der Waals surface area contributed by atoms with Gasteiger partial charge in [0.15, 0.2) is 0 Å². The Kier molecular flexibility index (Phi) is 14.6. The smallest absolute Gasteiger partial charge is 0.0992 e. The van der Waals surface area contributed by atoms with Crippen molar-refractivity contribution in [1.29, 1.82) is 0 Å². The molecule has 0 atom stereocenters. The molecule has 50 heavy (non-hydrogen) atoms. The van der Waals surface area contributed by atoms with E-state index in [1.807, 2.05) is 111 Å². The van der Waals surface area contributed by atoms with Crippen molar-refractivity contribution in [2.24, 2.45) is 0 Å². The summed E-state index contributed by atoms with van der Waals surface area (Å²) >= 11 is 0. The summed E-state index contributed by atoms with van der Waals surface area (Å²) in [5, 5.41) is 2.01. The number of aryl methyl sites for hydroxylation is 2. The van der Waals surface area contributed by atoms with Crippen LogP contribution in [0.25, 0.3) is 55.6 Å². The molecule has 0 saturated carbocycles. The fourth-order valence-corrected chi connectivity index (χ4v) is 4.96. The SMILES string of the molecule is CCCCC.Cc1nc2c3cccnc3c3ncccc3c2nc1C.[Ru].c1ccc(-c2ccccn2)nc1.c1ccc(-c2ccccn2)nc1. The van der Waals surface area contributed by atoms with Gasteiger partial charge in [-0.1, -0.05) is 57.4 Å². The predicted octanol–water partition coefficient (Wildman–Crippen LogP) is 9.82. The first-order chi connectivity index (χ1) is 24.1. The van der Waals surface area contributed by atoms with Gasteiger partial charge < -0.3 is 0 Å². The molecule has 1 aromatic carbocycles. The molecule has 0 aliphatic heterocycles. The Hall–Kier alpha value is -5.40. The molecule has 7 heterocycles. The zero-order valence-electron chi connectivity index (χ0n) is 28.8. The second kappa shape index (κ2) is 19.6. The number of nitrogens with zero attached hydrogens (tertiary/aromatic N) is 8. The Labute approximate surface area is 306 Å². The van der Waals surface area contributed by atoms with E-state index in [1.165, 1.54) is 19.3 Å². The molecule has 0 amide bonds. The molecular weight excluding hydrogens is 706 g/mol. The van der Waals surface area contributed by atoms with Crippen molar-refractivity contribution in [3.05, 3.63) is 146 Å². The van der Waals surface area contributed by atoms with Gasteiger partial charge in [0.25, 0.3) is 0 Å². The molecular formula is C41H40N8Ru. The van der Waals surface area contributed by atoms with Crippen LogP contribution in [0.15, 0.2) is 134 Å². The molecule has 0 aliphatic rings. The number of fused-ring (bicyclic) bond motifs is 6. The summed E-state index contributed by atoms with van der Waals surface area (Å²) in [6.07, 6.45) is 14.7. The van der Waals surface area contributed by atoms with Crippen LogP contribution in [-0.4, -0.2) is 39.9 Å². The first kappa shape index (κ1) is 37.4. The molecule has 0 radical (unpaired) electrons. The van der Waals surface area contributed by atoms with E-state index in [4.69, 9.17) is 9.97 Å². The Balaban J connectivity index is 0.000000163. The first-order valence-corrected chi connectivity index (χ1v) is 16.5. The Morgan fingerprint density at radius 2 is 0.700 bits per heavy atom. The molecule has 8 nitrogen and oxygen atoms in total. The molecule has 0 spiro atoms. The fourth-order valence-electron chi connectivity index (χ4n) is 4.96. The molecule has 0 fully saturated rings. The number of rotatable bonds is 4. The largest absolute Gasteiger partial charge is 0.255 e. The third-order valence-corrected chi connectivity index (χ3v) is 7.55. The van der Waals surface area contributed by atoms with Gasteiger partial charge in [0.05, 0.1) is 56.2 Å². The van der Waals surface area contributed by atoms with Crippen molar-refractivity contribution in [2.75, 3.05) is 0 Å². The van der Waals surface area contributed by atoms with Crippen LogP contribution in [0.3, 0.4) is 0 Å². The summed E-state index contributed by atoms with van der Waals surface area (Å²) in [5.41, 5.74) is 9.12. The summed E-state index contributed by atoms with van der Waals surface area (Å²) in [5.74, 6) is 0. The molecule has 8 aromatic rings. The fraction of sp³-hybridized carbons (Fsp3) is 0.171. The van der Waals surface area contributed by atoms with Crippen LogP contribution in [0.5, 0.6) is 0 Å². The van der Waals surface area contributed by atoms with E-state index >= 15 is 0 Å². The van der Waals surface area contributed by atoms with Gasteiger partial charge in [-0.05, 0) is 86.6 Å². The summed E-state index contributed by atoms with van der Waals surface area (Å²) in [7, 11) is 0. The number of aromatic nitrogens is 8. The number of unbranched alkanes of at least 4 members (excludes halogenated alkanes) is 2. The van der Waals surface area contributed by atoms with Crippen LogP contribution in [-0.2, 0) is 19.5 Å². The van der Waals surface area contributed by atoms with E-state index in [2.05, 4.69) is 43.8 Å². The van der Waals surface area contributed by atoms with Gasteiger partial charge in [-0.15, -0.1) is 0 Å². The molecule has 7 aromatic heterocycles. The Bertz CT molecular complexity index is 1950. The maximum atomic E-state index is 4.72. The summed E-state index contributed by atoms with van der Waals surface area (Å²) in [6.45, 7) is 8.39. The first-order valence-electron chi connectivity index (χ1n) is 16.5. The minimum absolute atomic E-state index is 0. The summed E-state index contributed by atoms with van der Waals surface area (Å²) in [6, 6.07) is 31.1. The third-order valence-electron chi connectivity index (χ3n) is 7.55. The average molecular weight is 746 g/mol. The quantitative estimate of drug-likeness (QED) is 0.130. The van der Waals surface area contributed by atoms with Crippen LogP contribution in [0.2, 0.25) is 0 Å². The number of benzene rings is 1. The molecule has 0 saturated heterocycles. The van der Waals surface area contributed by atoms with Crippen molar-refractivity contribution >= 4 is 32.8 Å². The average Bonchev–Trinajstić information content (AvgIpc) is 3.18. The van der Waals surface area contributed by atoms with E-state index < -0.39 is 0 Å². The van der Waals surface area contributed by atoms with Crippen molar-refractivity contribution in [1.82, 2.24) is 39.9 Å². The zero-order valence-corrected chi connectivity index (χ0v) is 30.5. The van der Waals surface area contributed by atoms with Gasteiger partial charge in [-0.3, -0.25) is 29.9 Å². The van der Waals surface area contributed by atoms with E-state index in [0.29, 0.717) is 0 Å². The van der Waals surface area contributed by atoms with E-state index in [1.54, 1.807) is 37.2 Å². The van der Waals surface area contributed by atoms with E-state index in [0.717, 1.165) is 67.0 Å². The Morgan fingerprint density at radius 1 is 0.380 bits per heavy atom. The standard InChI is InChI=1S/C16H12N4.2C10H8N2.C5H12.Ru/c1-9-10(2)20-16-12-6-4-8-18-14(12)13-11(15(16)19-9)5-3-7-17-13;2*1-3-7-11-9(5-1)10-6-2-4-8-12-10;1-3-5-4-2;/h3-8H,1-2H3;2*1-8H;3-5H2,1-2H3;. The van der Waals surface area contributed by atoms with Gasteiger partial charge in [-0.2, -0.15) is 0 Å². The normalized spacial score (nSPS) is 10.1. The minimum atomic E-state index is 0. The third kappa shape index (κ3) is 9.83. The summed E-state index contributed by atoms with van der Waals surface area (Å²) in [4.78, 5) is 35.2. The van der Waals surface area contributed by atoms with Crippen molar-refractivity contribution < 1.29 is 19.5 Å². The number of hydrogen-bond acceptors (Lipinski definition) is 8. The second-order valence-electron chi connectivity index (χ2n) is 11.1. The van der Waals surface area contributed by atoms with E-state index in [-0.39, 0.29) is 19.5 Å². The van der Waals surface area contributed by atoms with Gasteiger partial charge in [-0.25, -0.2) is 9.97 Å². The maximum absolute atomic E-state index is 4.72. The number of pyridine rings is 6. The van der Waals surface area contributed by atoms with Crippen LogP contribution in [0, 0.1) is 13.8 Å². The van der Waals surface area contributed by atoms with Crippen molar-refractivity contribution in [3.8, 4) is 22.8 Å². The van der Waals surface area contributed by atoms with Crippen LogP contribution in [0.4, 0.5) is 0 Å². The molecule has 8 rings (SSSR count). The molecule has 9 heteroatoms. The van der Waals surface area contributed by atoms with Crippen LogP contribution in [0.1, 0.15) is 44.5 Å². The van der Waals surface area contributed by atoms with Crippen LogP contribution < -0.4 is 0 Å². The van der Waals surface area contributed by atoms with Crippen molar-refractivity contribution in [2.45, 2.75) is 47.0 Å². The van der Waals surface area contributed by atoms with Crippen molar-refractivity contribution in [3.63, 3.8) is 0 Å². The molecule has 0 unspecified atom stereocenters. The van der Waals surface area contributed by atoms with Gasteiger partial charge in [0, 0.05) is 67.4 Å². The van der Waals surface area contributed by atoms with Gasteiger partial charge in [0.2, 0.25) is 0 Å². The predicted molar refractivity (Wildman–Crippen MR) is 200 cm³/mol. The minimum Gasteiger partial charge on any atom is -0.255 e. The zero-order chi connectivity index (χ0) is 34.3. The topological polar surface area (TPSA) is 103 Å². The molecule has 0 bridgehead atoms. The Morgan fingerprint density at radius 3 is 0.960 bits per heavy atom. The summed E-state index contributed by atoms with van der Waals surface area (Å²) < 4.78 is 0. The molecule has 0 N–H and O–H groups in total. The van der Waals surface area contributed by atoms with Gasteiger partial charge >= 0.3 is 0 Å². The van der Waals surface area contributed by atoms with E-state index in [9.17, 15) is 0 Å².